The molecule has 0 bridgehead atoms. The van der Waals surface area contributed by atoms with Gasteiger partial charge in [0.2, 0.25) is 0 Å². The number of hydrogen-bond acceptors (Lipinski definition) is 4. The molecule has 0 aliphatic rings. The lowest BCUT2D eigenvalue weighted by Crippen LogP contribution is -2.31. The van der Waals surface area contributed by atoms with Gasteiger partial charge in [-0.2, -0.15) is 5.10 Å². The second-order valence-electron chi connectivity index (χ2n) is 6.30. The first-order valence-corrected chi connectivity index (χ1v) is 8.42. The Kier molecular flexibility index (Phi) is 5.27. The Balaban J connectivity index is 1.46. The summed E-state index contributed by atoms with van der Waals surface area (Å²) in [4.78, 5) is 4.43. The maximum Gasteiger partial charge on any atom is 0.0959 e. The van der Waals surface area contributed by atoms with Gasteiger partial charge >= 0.3 is 0 Å². The Morgan fingerprint density at radius 2 is 2.08 bits per heavy atom. The van der Waals surface area contributed by atoms with Crippen LogP contribution in [0.15, 0.2) is 36.9 Å². The highest BCUT2D eigenvalue weighted by Crippen LogP contribution is 2.18. The summed E-state index contributed by atoms with van der Waals surface area (Å²) in [5, 5.41) is 17.7. The fourth-order valence-corrected chi connectivity index (χ4v) is 2.82. The maximum atomic E-state index is 10.3. The number of fused-ring (bicyclic) bond motifs is 1. The highest BCUT2D eigenvalue weighted by atomic mass is 16.3. The molecule has 0 fully saturated rings. The zero-order valence-corrected chi connectivity index (χ0v) is 14.3. The average Bonchev–Trinajstić information content (AvgIpc) is 3.19. The number of hydrogen-bond donors (Lipinski definition) is 2. The van der Waals surface area contributed by atoms with E-state index in [2.05, 4.69) is 41.4 Å². The lowest BCUT2D eigenvalue weighted by atomic mass is 10.1. The molecule has 0 saturated carbocycles. The van der Waals surface area contributed by atoms with Crippen molar-refractivity contribution in [1.29, 1.82) is 0 Å². The van der Waals surface area contributed by atoms with Crippen LogP contribution in [-0.2, 0) is 13.1 Å². The van der Waals surface area contributed by atoms with Crippen molar-refractivity contribution in [2.24, 2.45) is 0 Å². The third kappa shape index (κ3) is 4.01. The number of aryl methyl sites for hydroxylation is 3. The van der Waals surface area contributed by atoms with E-state index in [-0.39, 0.29) is 0 Å². The number of nitrogens with one attached hydrogen (secondary N) is 1. The molecule has 1 unspecified atom stereocenters. The molecule has 6 heteroatoms. The highest BCUT2D eigenvalue weighted by Gasteiger charge is 2.09. The van der Waals surface area contributed by atoms with E-state index in [1.165, 1.54) is 11.1 Å². The van der Waals surface area contributed by atoms with Gasteiger partial charge in [0.25, 0.3) is 0 Å². The molecule has 0 saturated heterocycles. The van der Waals surface area contributed by atoms with E-state index in [1.807, 2.05) is 27.8 Å². The predicted octanol–water partition coefficient (Wildman–Crippen LogP) is 1.89. The molecule has 128 valence electrons. The Labute approximate surface area is 142 Å². The summed E-state index contributed by atoms with van der Waals surface area (Å²) in [6, 6.07) is 6.17. The molecule has 0 aliphatic heterocycles. The van der Waals surface area contributed by atoms with Crippen molar-refractivity contribution in [3.05, 3.63) is 48.0 Å². The van der Waals surface area contributed by atoms with Crippen molar-refractivity contribution in [1.82, 2.24) is 24.6 Å². The topological polar surface area (TPSA) is 67.9 Å². The fraction of sp³-hybridized carbons (Fsp3) is 0.444. The minimum Gasteiger partial charge on any atom is -0.390 e. The van der Waals surface area contributed by atoms with Crippen LogP contribution < -0.4 is 5.32 Å². The number of benzene rings is 1. The first-order chi connectivity index (χ1) is 11.6. The monoisotopic (exact) mass is 327 g/mol. The second-order valence-corrected chi connectivity index (χ2v) is 6.30. The number of aliphatic hydroxyl groups is 1. The van der Waals surface area contributed by atoms with E-state index >= 15 is 0 Å². The number of imidazole rings is 1. The van der Waals surface area contributed by atoms with Gasteiger partial charge in [0.15, 0.2) is 0 Å². The zero-order valence-electron chi connectivity index (χ0n) is 14.3. The van der Waals surface area contributed by atoms with Crippen LogP contribution in [0.1, 0.15) is 17.5 Å². The summed E-state index contributed by atoms with van der Waals surface area (Å²) in [5.41, 5.74) is 4.55. The number of nitrogens with zero attached hydrogens (tertiary/aromatic N) is 4. The third-order valence-electron chi connectivity index (χ3n) is 4.32. The molecule has 0 radical (unpaired) electrons. The van der Waals surface area contributed by atoms with Crippen LogP contribution in [0.3, 0.4) is 0 Å². The van der Waals surface area contributed by atoms with E-state index in [1.54, 1.807) is 6.20 Å². The molecule has 24 heavy (non-hydrogen) atoms. The van der Waals surface area contributed by atoms with E-state index in [9.17, 15) is 5.11 Å². The molecule has 0 amide bonds. The quantitative estimate of drug-likeness (QED) is 0.620. The van der Waals surface area contributed by atoms with Crippen LogP contribution in [0.25, 0.3) is 11.0 Å². The molecule has 3 rings (SSSR count). The van der Waals surface area contributed by atoms with Crippen LogP contribution >= 0.6 is 0 Å². The summed E-state index contributed by atoms with van der Waals surface area (Å²) in [7, 11) is 0. The van der Waals surface area contributed by atoms with Crippen molar-refractivity contribution in [3.63, 3.8) is 0 Å². The van der Waals surface area contributed by atoms with Gasteiger partial charge in [-0.1, -0.05) is 0 Å². The van der Waals surface area contributed by atoms with Gasteiger partial charge in [-0.05, 0) is 56.1 Å². The van der Waals surface area contributed by atoms with Crippen LogP contribution in [0.2, 0.25) is 0 Å². The Morgan fingerprint density at radius 1 is 1.25 bits per heavy atom. The lowest BCUT2D eigenvalue weighted by molar-refractivity contribution is 0.152. The normalized spacial score (nSPS) is 12.8. The van der Waals surface area contributed by atoms with Crippen molar-refractivity contribution in [2.75, 3.05) is 13.1 Å². The minimum atomic E-state index is -0.436. The fourth-order valence-electron chi connectivity index (χ4n) is 2.82. The SMILES string of the molecule is Cc1cc2ncn(CC(O)CNCCCn3cccn3)c2cc1C. The number of aliphatic hydroxyl groups excluding tert-OH is 1. The van der Waals surface area contributed by atoms with Gasteiger partial charge in [0, 0.05) is 25.5 Å². The van der Waals surface area contributed by atoms with Crippen molar-refractivity contribution in [2.45, 2.75) is 39.5 Å². The summed E-state index contributed by atoms with van der Waals surface area (Å²) >= 11 is 0. The number of aromatic nitrogens is 4. The average molecular weight is 327 g/mol. The van der Waals surface area contributed by atoms with Gasteiger partial charge in [-0.3, -0.25) is 4.68 Å². The Morgan fingerprint density at radius 3 is 2.88 bits per heavy atom. The smallest absolute Gasteiger partial charge is 0.0959 e. The van der Waals surface area contributed by atoms with Gasteiger partial charge in [-0.15, -0.1) is 0 Å². The summed E-state index contributed by atoms with van der Waals surface area (Å²) in [5.74, 6) is 0. The van der Waals surface area contributed by atoms with E-state index in [0.717, 1.165) is 30.5 Å². The van der Waals surface area contributed by atoms with Gasteiger partial charge < -0.3 is 15.0 Å². The molecular formula is C18H25N5O. The standard InChI is InChI=1S/C18H25N5O/c1-14-9-17-18(10-15(14)2)22(13-20-17)12-16(24)11-19-5-3-7-23-8-4-6-21-23/h4,6,8-10,13,16,19,24H,3,5,7,11-12H2,1-2H3. The van der Waals surface area contributed by atoms with Gasteiger partial charge in [-0.25, -0.2) is 4.98 Å². The number of rotatable bonds is 8. The largest absolute Gasteiger partial charge is 0.390 e. The summed E-state index contributed by atoms with van der Waals surface area (Å²) in [6.45, 7) is 7.06. The Bertz CT molecular complexity index is 778. The minimum absolute atomic E-state index is 0.436. The molecule has 2 heterocycles. The molecule has 0 aliphatic carbocycles. The molecule has 6 nitrogen and oxygen atoms in total. The second kappa shape index (κ2) is 7.59. The van der Waals surface area contributed by atoms with Crippen molar-refractivity contribution in [3.8, 4) is 0 Å². The molecule has 3 aromatic rings. The summed E-state index contributed by atoms with van der Waals surface area (Å²) < 4.78 is 3.94. The lowest BCUT2D eigenvalue weighted by Gasteiger charge is -2.13. The van der Waals surface area contributed by atoms with Crippen molar-refractivity contribution >= 4 is 11.0 Å². The molecule has 1 atom stereocenters. The maximum absolute atomic E-state index is 10.3. The van der Waals surface area contributed by atoms with Crippen molar-refractivity contribution < 1.29 is 5.11 Å². The highest BCUT2D eigenvalue weighted by molar-refractivity contribution is 5.77. The third-order valence-corrected chi connectivity index (χ3v) is 4.32. The molecule has 2 N–H and O–H groups in total. The van der Waals surface area contributed by atoms with Crippen LogP contribution in [0.4, 0.5) is 0 Å². The zero-order chi connectivity index (χ0) is 16.9. The van der Waals surface area contributed by atoms with Crippen LogP contribution in [0.5, 0.6) is 0 Å². The van der Waals surface area contributed by atoms with Gasteiger partial charge in [0.1, 0.15) is 0 Å². The van der Waals surface area contributed by atoms with E-state index < -0.39 is 6.10 Å². The van der Waals surface area contributed by atoms with Gasteiger partial charge in [0.05, 0.1) is 30.0 Å². The molecule has 2 aromatic heterocycles. The summed E-state index contributed by atoms with van der Waals surface area (Å²) in [6.07, 6.45) is 6.11. The van der Waals surface area contributed by atoms with Crippen LogP contribution in [-0.4, -0.2) is 43.6 Å². The first-order valence-electron chi connectivity index (χ1n) is 8.42. The molecule has 0 spiro atoms. The molecule has 1 aromatic carbocycles. The van der Waals surface area contributed by atoms with E-state index in [0.29, 0.717) is 13.1 Å². The van der Waals surface area contributed by atoms with Crippen LogP contribution in [0, 0.1) is 13.8 Å². The molecular weight excluding hydrogens is 302 g/mol. The van der Waals surface area contributed by atoms with E-state index in [4.69, 9.17) is 0 Å². The Hall–Kier alpha value is -2.18. The predicted molar refractivity (Wildman–Crippen MR) is 94.9 cm³/mol. The first kappa shape index (κ1) is 16.7.